The first kappa shape index (κ1) is 13.6. The van der Waals surface area contributed by atoms with Crippen molar-refractivity contribution < 1.29 is 4.74 Å². The van der Waals surface area contributed by atoms with E-state index in [0.717, 1.165) is 34.8 Å². The number of nitrogens with two attached hydrogens (primary N) is 1. The van der Waals surface area contributed by atoms with Crippen molar-refractivity contribution in [1.29, 1.82) is 0 Å². The number of methoxy groups -OCH3 is 1. The van der Waals surface area contributed by atoms with Crippen LogP contribution >= 0.6 is 0 Å². The highest BCUT2D eigenvalue weighted by Gasteiger charge is 2.13. The molecule has 0 saturated carbocycles. The summed E-state index contributed by atoms with van der Waals surface area (Å²) in [4.78, 5) is 4.74. The first-order chi connectivity index (χ1) is 10.2. The van der Waals surface area contributed by atoms with E-state index in [-0.39, 0.29) is 0 Å². The Morgan fingerprint density at radius 3 is 2.81 bits per heavy atom. The number of para-hydroxylation sites is 1. The molecule has 2 N–H and O–H groups in total. The summed E-state index contributed by atoms with van der Waals surface area (Å²) in [6, 6.07) is 12.2. The quantitative estimate of drug-likeness (QED) is 0.800. The molecule has 3 aromatic rings. The molecule has 0 unspecified atom stereocenters. The van der Waals surface area contributed by atoms with Gasteiger partial charge < -0.3 is 14.9 Å². The molecule has 0 fully saturated rings. The number of nitrogens with zero attached hydrogens (tertiary/aromatic N) is 2. The maximum absolute atomic E-state index is 5.93. The molecule has 0 saturated heterocycles. The molecule has 0 radical (unpaired) electrons. The third-order valence-corrected chi connectivity index (χ3v) is 3.71. The minimum absolute atomic E-state index is 0.467. The van der Waals surface area contributed by atoms with Gasteiger partial charge in [0.1, 0.15) is 11.4 Å². The number of hydrogen-bond donors (Lipinski definition) is 1. The normalized spacial score (nSPS) is 11.0. The number of aryl methyl sites for hydroxylation is 1. The van der Waals surface area contributed by atoms with Crippen LogP contribution in [0.1, 0.15) is 22.5 Å². The summed E-state index contributed by atoms with van der Waals surface area (Å²) in [5.41, 5.74) is 11.2. The summed E-state index contributed by atoms with van der Waals surface area (Å²) >= 11 is 0. The molecule has 4 heteroatoms. The second kappa shape index (κ2) is 5.58. The van der Waals surface area contributed by atoms with Gasteiger partial charge in [-0.3, -0.25) is 0 Å². The predicted octanol–water partition coefficient (Wildman–Crippen LogP) is 2.70. The summed E-state index contributed by atoms with van der Waals surface area (Å²) in [5.74, 6) is 0.883. The number of rotatable bonds is 4. The van der Waals surface area contributed by atoms with E-state index in [0.29, 0.717) is 6.54 Å². The van der Waals surface area contributed by atoms with Gasteiger partial charge in [-0.15, -0.1) is 0 Å². The van der Waals surface area contributed by atoms with E-state index in [4.69, 9.17) is 15.5 Å². The number of aromatic nitrogens is 2. The molecule has 3 rings (SSSR count). The number of ether oxygens (including phenoxy) is 1. The van der Waals surface area contributed by atoms with Crippen molar-refractivity contribution in [2.75, 3.05) is 7.11 Å². The molecular formula is C17H19N3O. The standard InChI is InChI=1S/C17H19N3O/c1-12-7-8-20-15(11-18)14(19-17(20)9-12)10-13-5-3-4-6-16(13)21-2/h3-9H,10-11,18H2,1-2H3. The molecule has 0 atom stereocenters. The molecule has 4 nitrogen and oxygen atoms in total. The molecule has 0 bridgehead atoms. The van der Waals surface area contributed by atoms with Crippen molar-refractivity contribution in [3.63, 3.8) is 0 Å². The van der Waals surface area contributed by atoms with Crippen LogP contribution in [-0.4, -0.2) is 16.5 Å². The summed E-state index contributed by atoms with van der Waals surface area (Å²) in [5, 5.41) is 0. The predicted molar refractivity (Wildman–Crippen MR) is 83.6 cm³/mol. The summed E-state index contributed by atoms with van der Waals surface area (Å²) in [7, 11) is 1.69. The van der Waals surface area contributed by atoms with Crippen molar-refractivity contribution in [2.45, 2.75) is 19.9 Å². The van der Waals surface area contributed by atoms with E-state index in [9.17, 15) is 0 Å². The molecule has 21 heavy (non-hydrogen) atoms. The second-order valence-corrected chi connectivity index (χ2v) is 5.13. The van der Waals surface area contributed by atoms with Crippen molar-refractivity contribution in [2.24, 2.45) is 5.73 Å². The van der Waals surface area contributed by atoms with Crippen LogP contribution in [0.15, 0.2) is 42.6 Å². The average Bonchev–Trinajstić information content (AvgIpc) is 2.83. The van der Waals surface area contributed by atoms with Crippen molar-refractivity contribution in [3.05, 3.63) is 65.1 Å². The van der Waals surface area contributed by atoms with E-state index in [1.165, 1.54) is 5.56 Å². The summed E-state index contributed by atoms with van der Waals surface area (Å²) in [6.07, 6.45) is 2.75. The molecule has 0 aliphatic heterocycles. The number of fused-ring (bicyclic) bond motifs is 1. The van der Waals surface area contributed by atoms with Gasteiger partial charge in [-0.2, -0.15) is 0 Å². The molecule has 0 aliphatic carbocycles. The van der Waals surface area contributed by atoms with Gasteiger partial charge in [-0.25, -0.2) is 4.98 Å². The van der Waals surface area contributed by atoms with Crippen LogP contribution < -0.4 is 10.5 Å². The van der Waals surface area contributed by atoms with Crippen LogP contribution in [-0.2, 0) is 13.0 Å². The molecule has 0 amide bonds. The van der Waals surface area contributed by atoms with Crippen LogP contribution in [0.2, 0.25) is 0 Å². The zero-order valence-electron chi connectivity index (χ0n) is 12.3. The Morgan fingerprint density at radius 2 is 2.05 bits per heavy atom. The SMILES string of the molecule is COc1ccccc1Cc1nc2cc(C)ccn2c1CN. The van der Waals surface area contributed by atoms with Gasteiger partial charge in [-0.05, 0) is 30.7 Å². The highest BCUT2D eigenvalue weighted by molar-refractivity contribution is 5.47. The van der Waals surface area contributed by atoms with E-state index >= 15 is 0 Å². The zero-order valence-corrected chi connectivity index (χ0v) is 12.3. The van der Waals surface area contributed by atoms with Crippen molar-refractivity contribution in [3.8, 4) is 5.75 Å². The van der Waals surface area contributed by atoms with Crippen LogP contribution in [0, 0.1) is 6.92 Å². The Morgan fingerprint density at radius 1 is 1.24 bits per heavy atom. The molecular weight excluding hydrogens is 262 g/mol. The zero-order chi connectivity index (χ0) is 14.8. The van der Waals surface area contributed by atoms with Gasteiger partial charge in [0.25, 0.3) is 0 Å². The first-order valence-corrected chi connectivity index (χ1v) is 7.01. The topological polar surface area (TPSA) is 52.5 Å². The Bertz CT molecular complexity index is 777. The third kappa shape index (κ3) is 2.50. The van der Waals surface area contributed by atoms with Gasteiger partial charge in [0.2, 0.25) is 0 Å². The Hall–Kier alpha value is -2.33. The molecule has 2 aromatic heterocycles. The molecule has 0 aliphatic rings. The fourth-order valence-electron chi connectivity index (χ4n) is 2.63. The van der Waals surface area contributed by atoms with Crippen LogP contribution in [0.4, 0.5) is 0 Å². The molecule has 2 heterocycles. The number of imidazole rings is 1. The van der Waals surface area contributed by atoms with Gasteiger partial charge in [-0.1, -0.05) is 18.2 Å². The van der Waals surface area contributed by atoms with E-state index in [1.54, 1.807) is 7.11 Å². The number of hydrogen-bond acceptors (Lipinski definition) is 3. The van der Waals surface area contributed by atoms with Gasteiger partial charge in [0, 0.05) is 24.7 Å². The highest BCUT2D eigenvalue weighted by atomic mass is 16.5. The maximum atomic E-state index is 5.93. The van der Waals surface area contributed by atoms with Gasteiger partial charge in [0.05, 0.1) is 18.5 Å². The Labute approximate surface area is 124 Å². The smallest absolute Gasteiger partial charge is 0.137 e. The highest BCUT2D eigenvalue weighted by Crippen LogP contribution is 2.23. The number of benzene rings is 1. The lowest BCUT2D eigenvalue weighted by molar-refractivity contribution is 0.410. The fraction of sp³-hybridized carbons (Fsp3) is 0.235. The van der Waals surface area contributed by atoms with Gasteiger partial charge >= 0.3 is 0 Å². The van der Waals surface area contributed by atoms with E-state index < -0.39 is 0 Å². The average molecular weight is 281 g/mol. The molecule has 108 valence electrons. The van der Waals surface area contributed by atoms with Crippen LogP contribution in [0.3, 0.4) is 0 Å². The first-order valence-electron chi connectivity index (χ1n) is 7.01. The van der Waals surface area contributed by atoms with E-state index in [2.05, 4.69) is 29.5 Å². The second-order valence-electron chi connectivity index (χ2n) is 5.13. The van der Waals surface area contributed by atoms with Crippen LogP contribution in [0.25, 0.3) is 5.65 Å². The molecule has 1 aromatic carbocycles. The number of pyridine rings is 1. The summed E-state index contributed by atoms with van der Waals surface area (Å²) < 4.78 is 7.49. The minimum Gasteiger partial charge on any atom is -0.496 e. The van der Waals surface area contributed by atoms with Gasteiger partial charge in [0.15, 0.2) is 0 Å². The lowest BCUT2D eigenvalue weighted by Crippen LogP contribution is -2.05. The molecule has 0 spiro atoms. The largest absolute Gasteiger partial charge is 0.496 e. The Kier molecular flexibility index (Phi) is 3.62. The maximum Gasteiger partial charge on any atom is 0.137 e. The monoisotopic (exact) mass is 281 g/mol. The Balaban J connectivity index is 2.07. The fourth-order valence-corrected chi connectivity index (χ4v) is 2.63. The lowest BCUT2D eigenvalue weighted by atomic mass is 10.1. The third-order valence-electron chi connectivity index (χ3n) is 3.71. The summed E-state index contributed by atoms with van der Waals surface area (Å²) in [6.45, 7) is 2.53. The minimum atomic E-state index is 0.467. The van der Waals surface area contributed by atoms with Crippen molar-refractivity contribution in [1.82, 2.24) is 9.38 Å². The van der Waals surface area contributed by atoms with Crippen molar-refractivity contribution >= 4 is 5.65 Å². The van der Waals surface area contributed by atoms with Crippen LogP contribution in [0.5, 0.6) is 5.75 Å². The lowest BCUT2D eigenvalue weighted by Gasteiger charge is -2.07. The van der Waals surface area contributed by atoms with E-state index in [1.807, 2.05) is 24.4 Å².